The van der Waals surface area contributed by atoms with Crippen molar-refractivity contribution in [3.8, 4) is 11.5 Å². The predicted octanol–water partition coefficient (Wildman–Crippen LogP) is 4.21. The molecule has 0 radical (unpaired) electrons. The number of rotatable bonds is 7. The molecule has 0 fully saturated rings. The van der Waals surface area contributed by atoms with E-state index in [1.165, 1.54) is 11.8 Å². The Labute approximate surface area is 173 Å². The summed E-state index contributed by atoms with van der Waals surface area (Å²) in [5.41, 5.74) is 2.65. The lowest BCUT2D eigenvalue weighted by molar-refractivity contribution is -0.119. The highest BCUT2D eigenvalue weighted by molar-refractivity contribution is 7.99. The van der Waals surface area contributed by atoms with Crippen molar-refractivity contribution in [3.63, 3.8) is 0 Å². The molecule has 8 heteroatoms. The largest absolute Gasteiger partial charge is 0.497 e. The van der Waals surface area contributed by atoms with Crippen LogP contribution in [0.3, 0.4) is 0 Å². The molecule has 0 saturated carbocycles. The average molecular weight is 420 g/mol. The third-order valence-electron chi connectivity index (χ3n) is 4.42. The van der Waals surface area contributed by atoms with Crippen LogP contribution >= 0.6 is 23.4 Å². The minimum absolute atomic E-state index is 0.0903. The molecule has 0 unspecified atom stereocenters. The maximum Gasteiger partial charge on any atom is 0.230 e. The average Bonchev–Trinajstić information content (AvgIpc) is 3.00. The van der Waals surface area contributed by atoms with E-state index in [9.17, 15) is 4.79 Å². The van der Waals surface area contributed by atoms with Crippen LogP contribution in [0.15, 0.2) is 41.6 Å². The monoisotopic (exact) mass is 419 g/mol. The molecule has 1 heterocycles. The lowest BCUT2D eigenvalue weighted by Crippen LogP contribution is -2.28. The van der Waals surface area contributed by atoms with Crippen molar-refractivity contribution >= 4 is 40.3 Å². The third-order valence-corrected chi connectivity index (χ3v) is 5.68. The number of hydrogen-bond donors (Lipinski definition) is 1. The number of imidazole rings is 1. The van der Waals surface area contributed by atoms with Gasteiger partial charge in [0, 0.05) is 17.6 Å². The number of carbonyl (C=O) groups is 1. The first-order valence-corrected chi connectivity index (χ1v) is 10.1. The quantitative estimate of drug-likeness (QED) is 0.581. The summed E-state index contributed by atoms with van der Waals surface area (Å²) in [6.07, 6.45) is 0. The molecule has 148 valence electrons. The van der Waals surface area contributed by atoms with Crippen LogP contribution in [0, 0.1) is 0 Å². The van der Waals surface area contributed by atoms with E-state index in [1.807, 2.05) is 54.9 Å². The first-order valence-electron chi connectivity index (χ1n) is 8.69. The van der Waals surface area contributed by atoms with E-state index >= 15 is 0 Å². The molecule has 1 amide bonds. The number of benzene rings is 2. The van der Waals surface area contributed by atoms with Crippen molar-refractivity contribution in [2.24, 2.45) is 7.05 Å². The SMILES string of the molecule is COc1ccc(OC)c([C@H](C)NC(=O)CSc2nc3cc(Cl)ccc3n2C)c1. The predicted molar refractivity (Wildman–Crippen MR) is 113 cm³/mol. The summed E-state index contributed by atoms with van der Waals surface area (Å²) in [7, 11) is 5.14. The smallest absolute Gasteiger partial charge is 0.230 e. The Hall–Kier alpha value is -2.38. The Morgan fingerprint density at radius 1 is 1.25 bits per heavy atom. The van der Waals surface area contributed by atoms with Gasteiger partial charge in [-0.3, -0.25) is 4.79 Å². The number of amides is 1. The minimum atomic E-state index is -0.225. The van der Waals surface area contributed by atoms with Gasteiger partial charge in [0.05, 0.1) is 37.0 Å². The molecule has 3 rings (SSSR count). The zero-order valence-electron chi connectivity index (χ0n) is 16.2. The van der Waals surface area contributed by atoms with Gasteiger partial charge >= 0.3 is 0 Å². The summed E-state index contributed by atoms with van der Waals surface area (Å²) < 4.78 is 12.6. The number of hydrogen-bond acceptors (Lipinski definition) is 5. The fraction of sp³-hybridized carbons (Fsp3) is 0.300. The molecule has 0 bridgehead atoms. The first kappa shape index (κ1) is 20.4. The van der Waals surface area contributed by atoms with Crippen molar-refractivity contribution in [1.29, 1.82) is 0 Å². The maximum absolute atomic E-state index is 12.5. The summed E-state index contributed by atoms with van der Waals surface area (Å²) >= 11 is 7.41. The normalized spacial score (nSPS) is 12.0. The van der Waals surface area contributed by atoms with Crippen LogP contribution < -0.4 is 14.8 Å². The van der Waals surface area contributed by atoms with Crippen molar-refractivity contribution in [1.82, 2.24) is 14.9 Å². The number of ether oxygens (including phenoxy) is 2. The number of thioether (sulfide) groups is 1. The molecule has 3 aromatic rings. The second-order valence-corrected chi connectivity index (χ2v) is 7.65. The molecule has 1 N–H and O–H groups in total. The molecular formula is C20H22ClN3O3S. The lowest BCUT2D eigenvalue weighted by atomic mass is 10.1. The summed E-state index contributed by atoms with van der Waals surface area (Å²) in [4.78, 5) is 17.0. The van der Waals surface area contributed by atoms with E-state index in [1.54, 1.807) is 14.2 Å². The number of nitrogens with one attached hydrogen (secondary N) is 1. The van der Waals surface area contributed by atoms with E-state index in [2.05, 4.69) is 10.3 Å². The van der Waals surface area contributed by atoms with Gasteiger partial charge in [0.1, 0.15) is 11.5 Å². The fourth-order valence-electron chi connectivity index (χ4n) is 2.95. The Balaban J connectivity index is 1.67. The lowest BCUT2D eigenvalue weighted by Gasteiger charge is -2.18. The summed E-state index contributed by atoms with van der Waals surface area (Å²) in [5.74, 6) is 1.58. The van der Waals surface area contributed by atoms with Crippen LogP contribution in [0.1, 0.15) is 18.5 Å². The van der Waals surface area contributed by atoms with Crippen molar-refractivity contribution in [2.75, 3.05) is 20.0 Å². The van der Waals surface area contributed by atoms with Gasteiger partial charge in [0.2, 0.25) is 5.91 Å². The number of aromatic nitrogens is 2. The molecule has 28 heavy (non-hydrogen) atoms. The Bertz CT molecular complexity index is 1010. The van der Waals surface area contributed by atoms with Crippen LogP contribution in [0.2, 0.25) is 5.02 Å². The van der Waals surface area contributed by atoms with Crippen LogP contribution in [-0.4, -0.2) is 35.4 Å². The molecular weight excluding hydrogens is 398 g/mol. The number of methoxy groups -OCH3 is 2. The van der Waals surface area contributed by atoms with Gasteiger partial charge in [0.15, 0.2) is 5.16 Å². The molecule has 0 aliphatic rings. The minimum Gasteiger partial charge on any atom is -0.497 e. The van der Waals surface area contributed by atoms with Crippen molar-refractivity contribution in [3.05, 3.63) is 47.0 Å². The van der Waals surface area contributed by atoms with Gasteiger partial charge in [-0.2, -0.15) is 0 Å². The number of carbonyl (C=O) groups excluding carboxylic acids is 1. The molecule has 0 aliphatic carbocycles. The van der Waals surface area contributed by atoms with Gasteiger partial charge in [-0.1, -0.05) is 23.4 Å². The van der Waals surface area contributed by atoms with Crippen LogP contribution in [0.5, 0.6) is 11.5 Å². The molecule has 0 spiro atoms. The fourth-order valence-corrected chi connectivity index (χ4v) is 3.91. The Morgan fingerprint density at radius 2 is 2.04 bits per heavy atom. The Kier molecular flexibility index (Phi) is 6.36. The summed E-state index contributed by atoms with van der Waals surface area (Å²) in [5, 5.41) is 4.40. The van der Waals surface area contributed by atoms with Gasteiger partial charge in [-0.25, -0.2) is 4.98 Å². The summed E-state index contributed by atoms with van der Waals surface area (Å²) in [6, 6.07) is 10.9. The molecule has 0 aliphatic heterocycles. The number of halogens is 1. The molecule has 1 aromatic heterocycles. The summed E-state index contributed by atoms with van der Waals surface area (Å²) in [6.45, 7) is 1.91. The highest BCUT2D eigenvalue weighted by Gasteiger charge is 2.17. The van der Waals surface area contributed by atoms with Crippen LogP contribution in [-0.2, 0) is 11.8 Å². The maximum atomic E-state index is 12.5. The van der Waals surface area contributed by atoms with Crippen LogP contribution in [0.25, 0.3) is 11.0 Å². The molecule has 1 atom stereocenters. The second kappa shape index (κ2) is 8.75. The highest BCUT2D eigenvalue weighted by atomic mass is 35.5. The standard InChI is InChI=1S/C20H22ClN3O3S/c1-12(15-10-14(26-3)6-8-18(15)27-4)22-19(25)11-28-20-23-16-9-13(21)5-7-17(16)24(20)2/h5-10,12H,11H2,1-4H3,(H,22,25)/t12-/m0/s1. The Morgan fingerprint density at radius 3 is 2.75 bits per heavy atom. The van der Waals surface area contributed by atoms with E-state index < -0.39 is 0 Å². The molecule has 6 nitrogen and oxygen atoms in total. The zero-order chi connectivity index (χ0) is 20.3. The van der Waals surface area contributed by atoms with E-state index in [0.717, 1.165) is 21.8 Å². The second-order valence-electron chi connectivity index (χ2n) is 6.27. The number of aryl methyl sites for hydroxylation is 1. The van der Waals surface area contributed by atoms with Gasteiger partial charge in [-0.15, -0.1) is 0 Å². The molecule has 0 saturated heterocycles. The van der Waals surface area contributed by atoms with E-state index in [-0.39, 0.29) is 17.7 Å². The zero-order valence-corrected chi connectivity index (χ0v) is 17.7. The highest BCUT2D eigenvalue weighted by Crippen LogP contribution is 2.29. The topological polar surface area (TPSA) is 65.4 Å². The number of nitrogens with zero attached hydrogens (tertiary/aromatic N) is 2. The third kappa shape index (κ3) is 4.36. The van der Waals surface area contributed by atoms with Gasteiger partial charge in [-0.05, 0) is 43.3 Å². The number of fused-ring (bicyclic) bond motifs is 1. The van der Waals surface area contributed by atoms with E-state index in [4.69, 9.17) is 21.1 Å². The van der Waals surface area contributed by atoms with Crippen molar-refractivity contribution < 1.29 is 14.3 Å². The molecule has 2 aromatic carbocycles. The van der Waals surface area contributed by atoms with E-state index in [0.29, 0.717) is 16.5 Å². The van der Waals surface area contributed by atoms with Crippen molar-refractivity contribution in [2.45, 2.75) is 18.1 Å². The van der Waals surface area contributed by atoms with Gasteiger partial charge < -0.3 is 19.4 Å². The first-order chi connectivity index (χ1) is 13.4. The van der Waals surface area contributed by atoms with Crippen LogP contribution in [0.4, 0.5) is 0 Å². The van der Waals surface area contributed by atoms with Gasteiger partial charge in [0.25, 0.3) is 0 Å².